The molecule has 0 bridgehead atoms. The van der Waals surface area contributed by atoms with E-state index in [0.717, 1.165) is 0 Å². The summed E-state index contributed by atoms with van der Waals surface area (Å²) in [6, 6.07) is 12.1. The van der Waals surface area contributed by atoms with Crippen molar-refractivity contribution in [1.29, 1.82) is 0 Å². The number of carbonyl (C=O) groups is 1. The van der Waals surface area contributed by atoms with E-state index in [1.807, 2.05) is 12.1 Å². The molecule has 0 saturated heterocycles. The predicted molar refractivity (Wildman–Crippen MR) is 94.0 cm³/mol. The first-order valence-electron chi connectivity index (χ1n) is 7.35. The van der Waals surface area contributed by atoms with Crippen molar-refractivity contribution in [3.8, 4) is 0 Å². The van der Waals surface area contributed by atoms with Crippen molar-refractivity contribution in [1.82, 2.24) is 0 Å². The smallest absolute Gasteiger partial charge is 0.342 e. The summed E-state index contributed by atoms with van der Waals surface area (Å²) in [5.41, 5.74) is 1.55. The maximum absolute atomic E-state index is 12.6. The van der Waals surface area contributed by atoms with Crippen LogP contribution in [0.3, 0.4) is 0 Å². The van der Waals surface area contributed by atoms with Crippen LogP contribution in [0.1, 0.15) is 23.5 Å². The number of rotatable bonds is 1. The molecule has 1 aliphatic rings. The van der Waals surface area contributed by atoms with Crippen molar-refractivity contribution >= 4 is 45.8 Å². The molecule has 1 unspecified atom stereocenters. The van der Waals surface area contributed by atoms with Crippen LogP contribution in [0.25, 0.3) is 11.0 Å². The highest BCUT2D eigenvalue weighted by Gasteiger charge is 2.32. The van der Waals surface area contributed by atoms with Crippen molar-refractivity contribution in [3.63, 3.8) is 0 Å². The first-order valence-corrected chi connectivity index (χ1v) is 8.10. The third-order valence-corrected chi connectivity index (χ3v) is 4.75. The lowest BCUT2D eigenvalue weighted by atomic mass is 9.85. The van der Waals surface area contributed by atoms with Crippen LogP contribution in [0.4, 0.5) is 5.69 Å². The molecule has 4 nitrogen and oxygen atoms in total. The molecule has 3 aromatic rings. The van der Waals surface area contributed by atoms with Gasteiger partial charge in [0.05, 0.1) is 11.3 Å². The Labute approximate surface area is 147 Å². The highest BCUT2D eigenvalue weighted by Crippen LogP contribution is 2.41. The van der Waals surface area contributed by atoms with E-state index in [-0.39, 0.29) is 12.3 Å². The standard InChI is InChI=1S/C18H11Cl2NO3/c19-9-5-6-10(13(20)7-9)12-8-15(22)21-17-11-3-1-2-4-14(11)24-18(23)16(12)17/h1-7,12H,8H2,(H,21,22). The summed E-state index contributed by atoms with van der Waals surface area (Å²) in [6.45, 7) is 0. The van der Waals surface area contributed by atoms with Gasteiger partial charge in [0.25, 0.3) is 0 Å². The first kappa shape index (κ1) is 15.2. The van der Waals surface area contributed by atoms with Crippen LogP contribution in [0.15, 0.2) is 51.7 Å². The molecule has 1 N–H and O–H groups in total. The number of nitrogens with one attached hydrogen (secondary N) is 1. The van der Waals surface area contributed by atoms with Crippen LogP contribution in [0.2, 0.25) is 10.0 Å². The minimum atomic E-state index is -0.473. The van der Waals surface area contributed by atoms with Gasteiger partial charge >= 0.3 is 5.63 Å². The third kappa shape index (κ3) is 2.39. The largest absolute Gasteiger partial charge is 0.422 e. The molecule has 2 aromatic carbocycles. The topological polar surface area (TPSA) is 59.3 Å². The Morgan fingerprint density at radius 2 is 1.88 bits per heavy atom. The lowest BCUT2D eigenvalue weighted by Gasteiger charge is -2.26. The number of benzene rings is 2. The molecule has 0 radical (unpaired) electrons. The van der Waals surface area contributed by atoms with Gasteiger partial charge in [0, 0.05) is 27.8 Å². The van der Waals surface area contributed by atoms with Crippen molar-refractivity contribution < 1.29 is 9.21 Å². The van der Waals surface area contributed by atoms with Gasteiger partial charge in [0.2, 0.25) is 5.91 Å². The Morgan fingerprint density at radius 3 is 2.67 bits per heavy atom. The monoisotopic (exact) mass is 359 g/mol. The van der Waals surface area contributed by atoms with Crippen molar-refractivity contribution in [2.75, 3.05) is 5.32 Å². The second kappa shape index (κ2) is 5.65. The van der Waals surface area contributed by atoms with Gasteiger partial charge in [-0.05, 0) is 29.8 Å². The molecule has 4 rings (SSSR count). The molecule has 1 aromatic heterocycles. The fourth-order valence-corrected chi connectivity index (χ4v) is 3.68. The zero-order chi connectivity index (χ0) is 16.8. The number of para-hydroxylation sites is 1. The Morgan fingerprint density at radius 1 is 1.08 bits per heavy atom. The Bertz CT molecular complexity index is 1040. The van der Waals surface area contributed by atoms with E-state index < -0.39 is 11.5 Å². The molecule has 0 aliphatic carbocycles. The van der Waals surface area contributed by atoms with E-state index in [4.69, 9.17) is 27.6 Å². The van der Waals surface area contributed by atoms with Crippen LogP contribution in [0.5, 0.6) is 0 Å². The molecule has 0 spiro atoms. The normalized spacial score (nSPS) is 16.8. The van der Waals surface area contributed by atoms with Crippen molar-refractivity contribution in [2.24, 2.45) is 0 Å². The van der Waals surface area contributed by atoms with Gasteiger partial charge in [-0.2, -0.15) is 0 Å². The van der Waals surface area contributed by atoms with Gasteiger partial charge in [0.1, 0.15) is 5.58 Å². The number of anilines is 1. The van der Waals surface area contributed by atoms with Crippen LogP contribution < -0.4 is 10.9 Å². The summed E-state index contributed by atoms with van der Waals surface area (Å²) in [5.74, 6) is -0.645. The fraction of sp³-hybridized carbons (Fsp3) is 0.111. The minimum Gasteiger partial charge on any atom is -0.422 e. The maximum atomic E-state index is 12.6. The van der Waals surface area contributed by atoms with E-state index in [9.17, 15) is 9.59 Å². The second-order valence-corrected chi connectivity index (χ2v) is 6.49. The van der Waals surface area contributed by atoms with E-state index in [2.05, 4.69) is 5.32 Å². The van der Waals surface area contributed by atoms with E-state index in [1.54, 1.807) is 30.3 Å². The summed E-state index contributed by atoms with van der Waals surface area (Å²) >= 11 is 12.2. The Balaban J connectivity index is 2.02. The summed E-state index contributed by atoms with van der Waals surface area (Å²) < 4.78 is 5.43. The number of amides is 1. The van der Waals surface area contributed by atoms with E-state index in [0.29, 0.717) is 37.8 Å². The molecule has 1 atom stereocenters. The average molecular weight is 360 g/mol. The number of carbonyl (C=O) groups excluding carboxylic acids is 1. The van der Waals surface area contributed by atoms with Gasteiger partial charge < -0.3 is 9.73 Å². The van der Waals surface area contributed by atoms with Crippen LogP contribution in [0, 0.1) is 0 Å². The third-order valence-electron chi connectivity index (χ3n) is 4.19. The van der Waals surface area contributed by atoms with Gasteiger partial charge in [0.15, 0.2) is 0 Å². The maximum Gasteiger partial charge on any atom is 0.342 e. The highest BCUT2D eigenvalue weighted by atomic mass is 35.5. The lowest BCUT2D eigenvalue weighted by Crippen LogP contribution is -2.28. The Kier molecular flexibility index (Phi) is 3.59. The highest BCUT2D eigenvalue weighted by molar-refractivity contribution is 6.35. The average Bonchev–Trinajstić information content (AvgIpc) is 2.54. The van der Waals surface area contributed by atoms with Crippen LogP contribution in [-0.4, -0.2) is 5.91 Å². The summed E-state index contributed by atoms with van der Waals surface area (Å²) in [5, 5.41) is 4.41. The molecular weight excluding hydrogens is 349 g/mol. The zero-order valence-corrected chi connectivity index (χ0v) is 13.8. The SMILES string of the molecule is O=C1CC(c2ccc(Cl)cc2Cl)c2c(c3ccccc3oc2=O)N1. The number of halogens is 2. The molecule has 2 heterocycles. The van der Waals surface area contributed by atoms with Crippen molar-refractivity contribution in [2.45, 2.75) is 12.3 Å². The molecule has 1 amide bonds. The van der Waals surface area contributed by atoms with Gasteiger partial charge in [-0.15, -0.1) is 0 Å². The minimum absolute atomic E-state index is 0.122. The molecule has 0 saturated carbocycles. The molecule has 0 fully saturated rings. The quantitative estimate of drug-likeness (QED) is 0.647. The molecule has 6 heteroatoms. The first-order chi connectivity index (χ1) is 11.5. The number of fused-ring (bicyclic) bond motifs is 3. The van der Waals surface area contributed by atoms with E-state index in [1.165, 1.54) is 0 Å². The molecule has 24 heavy (non-hydrogen) atoms. The molecule has 1 aliphatic heterocycles. The van der Waals surface area contributed by atoms with Crippen LogP contribution >= 0.6 is 23.2 Å². The second-order valence-electron chi connectivity index (χ2n) is 5.65. The molecule has 120 valence electrons. The zero-order valence-electron chi connectivity index (χ0n) is 12.3. The van der Waals surface area contributed by atoms with Gasteiger partial charge in [-0.3, -0.25) is 4.79 Å². The molecular formula is C18H11Cl2NO3. The number of hydrogen-bond donors (Lipinski definition) is 1. The summed E-state index contributed by atoms with van der Waals surface area (Å²) in [6.07, 6.45) is 0.122. The van der Waals surface area contributed by atoms with Gasteiger partial charge in [-0.1, -0.05) is 41.4 Å². The summed E-state index contributed by atoms with van der Waals surface area (Å²) in [7, 11) is 0. The van der Waals surface area contributed by atoms with Gasteiger partial charge in [-0.25, -0.2) is 4.79 Å². The Hall–Kier alpha value is -2.30. The fourth-order valence-electron chi connectivity index (χ4n) is 3.14. The number of hydrogen-bond acceptors (Lipinski definition) is 3. The summed E-state index contributed by atoms with van der Waals surface area (Å²) in [4.78, 5) is 24.8. The predicted octanol–water partition coefficient (Wildman–Crippen LogP) is 4.57. The lowest BCUT2D eigenvalue weighted by molar-refractivity contribution is -0.116. The van der Waals surface area contributed by atoms with Crippen LogP contribution in [-0.2, 0) is 4.79 Å². The van der Waals surface area contributed by atoms with E-state index >= 15 is 0 Å². The van der Waals surface area contributed by atoms with Crippen molar-refractivity contribution in [3.05, 3.63) is 74.1 Å².